The van der Waals surface area contributed by atoms with E-state index in [0.717, 1.165) is 24.2 Å². The van der Waals surface area contributed by atoms with Gasteiger partial charge in [-0.05, 0) is 31.4 Å². The predicted molar refractivity (Wildman–Crippen MR) is 54.3 cm³/mol. The number of nitrogens with zero attached hydrogens (tertiary/aromatic N) is 1. The van der Waals surface area contributed by atoms with Gasteiger partial charge < -0.3 is 5.11 Å². The van der Waals surface area contributed by atoms with Gasteiger partial charge in [-0.1, -0.05) is 0 Å². The Morgan fingerprint density at radius 3 is 2.79 bits per heavy atom. The molecule has 0 radical (unpaired) electrons. The van der Waals surface area contributed by atoms with Crippen LogP contribution in [0.1, 0.15) is 19.3 Å². The van der Waals surface area contributed by atoms with E-state index >= 15 is 0 Å². The van der Waals surface area contributed by atoms with Crippen LogP contribution in [0, 0.1) is 0 Å². The van der Waals surface area contributed by atoms with Crippen molar-refractivity contribution >= 4 is 17.7 Å². The minimum Gasteiger partial charge on any atom is -0.480 e. The summed E-state index contributed by atoms with van der Waals surface area (Å²) in [5, 5.41) is 9.10. The Morgan fingerprint density at radius 2 is 2.36 bits per heavy atom. The van der Waals surface area contributed by atoms with Crippen molar-refractivity contribution in [2.45, 2.75) is 28.9 Å². The van der Waals surface area contributed by atoms with E-state index in [1.165, 1.54) is 11.8 Å². The zero-order valence-electron chi connectivity index (χ0n) is 7.64. The topological polar surface area (TPSA) is 50.2 Å². The summed E-state index contributed by atoms with van der Waals surface area (Å²) in [4.78, 5) is 16.0. The summed E-state index contributed by atoms with van der Waals surface area (Å²) in [5.41, 5.74) is 0. The van der Waals surface area contributed by atoms with Gasteiger partial charge in [0.25, 0.3) is 0 Å². The van der Waals surface area contributed by atoms with Gasteiger partial charge >= 0.3 is 5.97 Å². The van der Waals surface area contributed by atoms with Crippen LogP contribution in [-0.2, 0) is 4.79 Å². The van der Waals surface area contributed by atoms with E-state index in [1.807, 2.05) is 12.1 Å². The van der Waals surface area contributed by atoms with E-state index in [2.05, 4.69) is 4.98 Å². The highest BCUT2D eigenvalue weighted by Gasteiger charge is 2.45. The van der Waals surface area contributed by atoms with Gasteiger partial charge in [-0.2, -0.15) is 0 Å². The van der Waals surface area contributed by atoms with E-state index in [9.17, 15) is 4.79 Å². The molecule has 0 atom stereocenters. The van der Waals surface area contributed by atoms with Crippen molar-refractivity contribution in [3.05, 3.63) is 24.5 Å². The Balaban J connectivity index is 2.13. The molecule has 0 amide bonds. The van der Waals surface area contributed by atoms with Gasteiger partial charge in [-0.25, -0.2) is 0 Å². The first kappa shape index (κ1) is 9.52. The number of rotatable bonds is 3. The van der Waals surface area contributed by atoms with E-state index in [-0.39, 0.29) is 0 Å². The van der Waals surface area contributed by atoms with Crippen LogP contribution in [0.4, 0.5) is 0 Å². The highest BCUT2D eigenvalue weighted by atomic mass is 32.2. The summed E-state index contributed by atoms with van der Waals surface area (Å²) in [6.45, 7) is 0. The van der Waals surface area contributed by atoms with Crippen molar-refractivity contribution in [3.8, 4) is 0 Å². The van der Waals surface area contributed by atoms with E-state index in [0.29, 0.717) is 0 Å². The van der Waals surface area contributed by atoms with Gasteiger partial charge in [0, 0.05) is 17.3 Å². The number of carboxylic acid groups (broad SMARTS) is 1. The highest BCUT2D eigenvalue weighted by molar-refractivity contribution is 8.01. The molecule has 1 heterocycles. The molecule has 2 rings (SSSR count). The predicted octanol–water partition coefficient (Wildman–Crippen LogP) is 2.18. The molecule has 1 fully saturated rings. The zero-order chi connectivity index (χ0) is 10.0. The highest BCUT2D eigenvalue weighted by Crippen LogP contribution is 2.47. The number of aliphatic carboxylic acids is 1. The number of carboxylic acids is 1. The molecule has 1 aromatic heterocycles. The minimum absolute atomic E-state index is 0.580. The fourth-order valence-electron chi connectivity index (χ4n) is 1.49. The Kier molecular flexibility index (Phi) is 2.46. The Morgan fingerprint density at radius 1 is 1.57 bits per heavy atom. The normalized spacial score (nSPS) is 18.6. The molecule has 1 N–H and O–H groups in total. The third-order valence-electron chi connectivity index (χ3n) is 2.50. The zero-order valence-corrected chi connectivity index (χ0v) is 8.46. The van der Waals surface area contributed by atoms with Crippen LogP contribution in [0.25, 0.3) is 0 Å². The molecule has 1 aromatic rings. The maximum absolute atomic E-state index is 11.1. The average molecular weight is 209 g/mol. The summed E-state index contributed by atoms with van der Waals surface area (Å²) < 4.78 is -0.580. The average Bonchev–Trinajstić information content (AvgIpc) is 2.12. The van der Waals surface area contributed by atoms with E-state index in [4.69, 9.17) is 5.11 Å². The number of carbonyl (C=O) groups is 1. The van der Waals surface area contributed by atoms with Gasteiger partial charge in [0.05, 0.1) is 0 Å². The molecule has 0 aliphatic heterocycles. The molecule has 14 heavy (non-hydrogen) atoms. The molecule has 0 bridgehead atoms. The smallest absolute Gasteiger partial charge is 0.320 e. The molecular weight excluding hydrogens is 198 g/mol. The molecule has 3 nitrogen and oxygen atoms in total. The van der Waals surface area contributed by atoms with Crippen molar-refractivity contribution in [2.24, 2.45) is 0 Å². The van der Waals surface area contributed by atoms with E-state index < -0.39 is 10.7 Å². The quantitative estimate of drug-likeness (QED) is 0.829. The van der Waals surface area contributed by atoms with Gasteiger partial charge in [0.1, 0.15) is 4.75 Å². The summed E-state index contributed by atoms with van der Waals surface area (Å²) in [6.07, 6.45) is 5.95. The van der Waals surface area contributed by atoms with Gasteiger partial charge in [-0.15, -0.1) is 11.8 Å². The van der Waals surface area contributed by atoms with Gasteiger partial charge in [-0.3, -0.25) is 9.78 Å². The van der Waals surface area contributed by atoms with Crippen LogP contribution in [-0.4, -0.2) is 20.8 Å². The lowest BCUT2D eigenvalue weighted by Gasteiger charge is -2.36. The second-order valence-electron chi connectivity index (χ2n) is 3.44. The minimum atomic E-state index is -0.697. The number of thioether (sulfide) groups is 1. The lowest BCUT2D eigenvalue weighted by molar-refractivity contribution is -0.142. The number of aromatic nitrogens is 1. The lowest BCUT2D eigenvalue weighted by Crippen LogP contribution is -2.41. The summed E-state index contributed by atoms with van der Waals surface area (Å²) >= 11 is 1.42. The van der Waals surface area contributed by atoms with Crippen molar-refractivity contribution < 1.29 is 9.90 Å². The fourth-order valence-corrected chi connectivity index (χ4v) is 2.78. The Hall–Kier alpha value is -1.03. The first-order valence-corrected chi connectivity index (χ1v) is 5.37. The van der Waals surface area contributed by atoms with Gasteiger partial charge in [0.15, 0.2) is 0 Å². The molecule has 4 heteroatoms. The van der Waals surface area contributed by atoms with Crippen LogP contribution in [0.3, 0.4) is 0 Å². The first-order chi connectivity index (χ1) is 6.73. The molecule has 0 aromatic carbocycles. The Labute approximate surface area is 86.5 Å². The van der Waals surface area contributed by atoms with Crippen LogP contribution in [0.15, 0.2) is 29.4 Å². The molecule has 0 unspecified atom stereocenters. The van der Waals surface area contributed by atoms with Crippen LogP contribution >= 0.6 is 11.8 Å². The lowest BCUT2D eigenvalue weighted by atomic mass is 9.84. The van der Waals surface area contributed by atoms with Crippen LogP contribution < -0.4 is 0 Å². The number of pyridine rings is 1. The third-order valence-corrected chi connectivity index (χ3v) is 3.95. The SMILES string of the molecule is O=C(O)C1(Sc2cccnc2)CCC1. The van der Waals surface area contributed by atoms with Crippen molar-refractivity contribution in [1.29, 1.82) is 0 Å². The molecular formula is C10H11NO2S. The van der Waals surface area contributed by atoms with Crippen LogP contribution in [0.2, 0.25) is 0 Å². The van der Waals surface area contributed by atoms with Crippen molar-refractivity contribution in [1.82, 2.24) is 4.98 Å². The largest absolute Gasteiger partial charge is 0.480 e. The molecule has 0 saturated heterocycles. The summed E-state index contributed by atoms with van der Waals surface area (Å²) in [5.74, 6) is -0.697. The summed E-state index contributed by atoms with van der Waals surface area (Å²) in [6, 6.07) is 3.73. The Bertz CT molecular complexity index is 335. The standard InChI is InChI=1S/C10H11NO2S/c12-9(13)10(4-2-5-10)14-8-3-1-6-11-7-8/h1,3,6-7H,2,4-5H2,(H,12,13). The molecule has 1 aliphatic rings. The molecule has 1 aliphatic carbocycles. The summed E-state index contributed by atoms with van der Waals surface area (Å²) in [7, 11) is 0. The number of hydrogen-bond acceptors (Lipinski definition) is 3. The maximum atomic E-state index is 11.1. The second-order valence-corrected chi connectivity index (χ2v) is 4.90. The molecule has 1 saturated carbocycles. The molecule has 0 spiro atoms. The van der Waals surface area contributed by atoms with Crippen molar-refractivity contribution in [2.75, 3.05) is 0 Å². The van der Waals surface area contributed by atoms with Crippen molar-refractivity contribution in [3.63, 3.8) is 0 Å². The third kappa shape index (κ3) is 1.62. The first-order valence-electron chi connectivity index (χ1n) is 4.55. The van der Waals surface area contributed by atoms with Crippen LogP contribution in [0.5, 0.6) is 0 Å². The maximum Gasteiger partial charge on any atom is 0.320 e. The fraction of sp³-hybridized carbons (Fsp3) is 0.400. The van der Waals surface area contributed by atoms with Gasteiger partial charge in [0.2, 0.25) is 0 Å². The second kappa shape index (κ2) is 3.61. The number of hydrogen-bond donors (Lipinski definition) is 1. The molecule has 74 valence electrons. The monoisotopic (exact) mass is 209 g/mol. The van der Waals surface area contributed by atoms with E-state index in [1.54, 1.807) is 12.4 Å².